The third-order valence-electron chi connectivity index (χ3n) is 5.17. The fraction of sp³-hybridized carbons (Fsp3) is 0.545. The summed E-state index contributed by atoms with van der Waals surface area (Å²) in [5, 5.41) is 0. The Bertz CT molecular complexity index is 519. The molecule has 0 fully saturated rings. The first-order valence-electron chi connectivity index (χ1n) is 9.30. The lowest BCUT2D eigenvalue weighted by molar-refractivity contribution is 0.382. The van der Waals surface area contributed by atoms with Gasteiger partial charge in [-0.05, 0) is 47.5 Å². The van der Waals surface area contributed by atoms with Crippen molar-refractivity contribution in [3.8, 4) is 0 Å². The summed E-state index contributed by atoms with van der Waals surface area (Å²) in [5.74, 6) is 0.880. The van der Waals surface area contributed by atoms with Gasteiger partial charge in [-0.25, -0.2) is 0 Å². The van der Waals surface area contributed by atoms with Gasteiger partial charge in [-0.2, -0.15) is 0 Å². The summed E-state index contributed by atoms with van der Waals surface area (Å²) >= 11 is 0. The van der Waals surface area contributed by atoms with Crippen LogP contribution in [0.25, 0.3) is 0 Å². The van der Waals surface area contributed by atoms with E-state index in [1.165, 1.54) is 11.1 Å². The van der Waals surface area contributed by atoms with Crippen LogP contribution >= 0.6 is 0 Å². The molecule has 1 rings (SSSR count). The van der Waals surface area contributed by atoms with E-state index in [0.717, 1.165) is 18.6 Å². The highest BCUT2D eigenvalue weighted by Gasteiger charge is 2.47. The Morgan fingerprint density at radius 2 is 1.50 bits per heavy atom. The molecule has 0 bridgehead atoms. The molecule has 0 heterocycles. The number of allylic oxidation sites excluding steroid dienone is 2. The van der Waals surface area contributed by atoms with E-state index in [1.54, 1.807) is 0 Å². The number of benzene rings is 1. The average molecular weight is 345 g/mol. The molecule has 0 saturated heterocycles. The molecule has 0 atom stereocenters. The molecule has 0 amide bonds. The minimum atomic E-state index is -1.90. The fourth-order valence-electron chi connectivity index (χ4n) is 3.86. The molecule has 134 valence electrons. The van der Waals surface area contributed by atoms with Crippen molar-refractivity contribution in [1.82, 2.24) is 0 Å². The first-order chi connectivity index (χ1) is 11.2. The maximum atomic E-state index is 6.66. The zero-order valence-electron chi connectivity index (χ0n) is 16.7. The molecule has 0 aliphatic heterocycles. The number of hydrogen-bond acceptors (Lipinski definition) is 1. The van der Waals surface area contributed by atoms with E-state index in [0.29, 0.717) is 16.6 Å². The van der Waals surface area contributed by atoms with E-state index in [1.807, 2.05) is 0 Å². The number of aryl methyl sites for hydroxylation is 1. The van der Waals surface area contributed by atoms with Crippen molar-refractivity contribution in [2.75, 3.05) is 0 Å². The normalized spacial score (nSPS) is 13.0. The van der Waals surface area contributed by atoms with Gasteiger partial charge in [0.2, 0.25) is 0 Å². The minimum Gasteiger partial charge on any atom is -0.543 e. The van der Waals surface area contributed by atoms with E-state index in [4.69, 9.17) is 4.43 Å². The van der Waals surface area contributed by atoms with Gasteiger partial charge in [-0.1, -0.05) is 84.5 Å². The van der Waals surface area contributed by atoms with E-state index < -0.39 is 8.32 Å². The van der Waals surface area contributed by atoms with Gasteiger partial charge in [-0.3, -0.25) is 0 Å². The van der Waals surface area contributed by atoms with Gasteiger partial charge in [0.1, 0.15) is 0 Å². The second kappa shape index (κ2) is 9.27. The standard InChI is InChI=1S/C22H36OSi/c1-17(2)24(18(3)4,19(5)6)23-21(8)20(7)13-12-16-22-14-10-9-11-15-22/h9-11,13-15,17-19H,8,12,16H2,1-7H3/b20-13+. The van der Waals surface area contributed by atoms with Crippen LogP contribution in [0.4, 0.5) is 0 Å². The minimum absolute atomic E-state index is 0.575. The zero-order valence-corrected chi connectivity index (χ0v) is 17.7. The van der Waals surface area contributed by atoms with Crippen LogP contribution in [0.3, 0.4) is 0 Å². The van der Waals surface area contributed by atoms with Crippen molar-refractivity contribution in [2.24, 2.45) is 0 Å². The molecule has 1 aromatic carbocycles. The SMILES string of the molecule is C=C(O[Si](C(C)C)(C(C)C)C(C)C)/C(C)=C/CCc1ccccc1. The Labute approximate surface area is 151 Å². The summed E-state index contributed by atoms with van der Waals surface area (Å²) in [4.78, 5) is 0. The van der Waals surface area contributed by atoms with Crippen molar-refractivity contribution in [3.05, 3.63) is 59.9 Å². The lowest BCUT2D eigenvalue weighted by Crippen LogP contribution is -2.47. The molecule has 0 N–H and O–H groups in total. The highest BCUT2D eigenvalue weighted by molar-refractivity contribution is 6.77. The fourth-order valence-corrected chi connectivity index (χ4v) is 9.16. The third-order valence-corrected chi connectivity index (χ3v) is 11.2. The van der Waals surface area contributed by atoms with Crippen LogP contribution in [-0.4, -0.2) is 8.32 Å². The van der Waals surface area contributed by atoms with Gasteiger partial charge < -0.3 is 4.43 Å². The van der Waals surface area contributed by atoms with Crippen LogP contribution < -0.4 is 0 Å². The average Bonchev–Trinajstić information content (AvgIpc) is 2.52. The predicted octanol–water partition coefficient (Wildman–Crippen LogP) is 7.27. The number of hydrogen-bond donors (Lipinski definition) is 0. The summed E-state index contributed by atoms with van der Waals surface area (Å²) in [6.45, 7) is 20.3. The molecule has 0 radical (unpaired) electrons. The Morgan fingerprint density at radius 3 is 1.96 bits per heavy atom. The van der Waals surface area contributed by atoms with Crippen LogP contribution in [0.15, 0.2) is 54.3 Å². The highest BCUT2D eigenvalue weighted by atomic mass is 28.4. The third kappa shape index (κ3) is 5.11. The molecule has 1 aromatic rings. The maximum Gasteiger partial charge on any atom is 0.258 e. The zero-order chi connectivity index (χ0) is 18.3. The van der Waals surface area contributed by atoms with Crippen molar-refractivity contribution in [1.29, 1.82) is 0 Å². The summed E-state index contributed by atoms with van der Waals surface area (Å²) in [7, 11) is -1.90. The molecule has 0 saturated carbocycles. The smallest absolute Gasteiger partial charge is 0.258 e. The van der Waals surface area contributed by atoms with Gasteiger partial charge in [0.15, 0.2) is 0 Å². The lowest BCUT2D eigenvalue weighted by Gasteiger charge is -2.42. The van der Waals surface area contributed by atoms with E-state index in [2.05, 4.69) is 91.5 Å². The largest absolute Gasteiger partial charge is 0.543 e. The van der Waals surface area contributed by atoms with E-state index in [-0.39, 0.29) is 0 Å². The second-order valence-electron chi connectivity index (χ2n) is 7.75. The van der Waals surface area contributed by atoms with Gasteiger partial charge in [-0.15, -0.1) is 0 Å². The topological polar surface area (TPSA) is 9.23 Å². The molecular formula is C22H36OSi. The molecule has 2 heteroatoms. The van der Waals surface area contributed by atoms with Gasteiger partial charge >= 0.3 is 0 Å². The van der Waals surface area contributed by atoms with E-state index in [9.17, 15) is 0 Å². The molecule has 0 unspecified atom stereocenters. The first-order valence-corrected chi connectivity index (χ1v) is 11.4. The summed E-state index contributed by atoms with van der Waals surface area (Å²) in [5.41, 5.74) is 4.29. The quantitative estimate of drug-likeness (QED) is 0.260. The van der Waals surface area contributed by atoms with Crippen molar-refractivity contribution >= 4 is 8.32 Å². The molecule has 1 nitrogen and oxygen atoms in total. The molecular weight excluding hydrogens is 308 g/mol. The molecule has 0 spiro atoms. The van der Waals surface area contributed by atoms with Crippen LogP contribution in [0.5, 0.6) is 0 Å². The van der Waals surface area contributed by atoms with Crippen molar-refractivity contribution in [3.63, 3.8) is 0 Å². The van der Waals surface area contributed by atoms with Crippen LogP contribution in [0, 0.1) is 0 Å². The number of rotatable bonds is 9. The molecule has 0 aliphatic carbocycles. The maximum absolute atomic E-state index is 6.66. The van der Waals surface area contributed by atoms with Crippen LogP contribution in [-0.2, 0) is 10.8 Å². The van der Waals surface area contributed by atoms with Crippen molar-refractivity contribution in [2.45, 2.75) is 77.9 Å². The van der Waals surface area contributed by atoms with E-state index >= 15 is 0 Å². The Hall–Kier alpha value is -1.28. The van der Waals surface area contributed by atoms with Crippen molar-refractivity contribution < 1.29 is 4.43 Å². The first kappa shape index (κ1) is 20.8. The Morgan fingerprint density at radius 1 is 1.00 bits per heavy atom. The molecule has 0 aromatic heterocycles. The second-order valence-corrected chi connectivity index (χ2v) is 13.1. The van der Waals surface area contributed by atoms with Gasteiger partial charge in [0.05, 0.1) is 5.76 Å². The molecule has 24 heavy (non-hydrogen) atoms. The lowest BCUT2D eigenvalue weighted by atomic mass is 10.1. The predicted molar refractivity (Wildman–Crippen MR) is 110 cm³/mol. The Balaban J connectivity index is 2.78. The summed E-state index contributed by atoms with van der Waals surface area (Å²) < 4.78 is 6.66. The molecule has 0 aliphatic rings. The Kier molecular flexibility index (Phi) is 8.01. The van der Waals surface area contributed by atoms with Crippen LogP contribution in [0.1, 0.15) is 60.5 Å². The van der Waals surface area contributed by atoms with Gasteiger partial charge in [0, 0.05) is 0 Å². The highest BCUT2D eigenvalue weighted by Crippen LogP contribution is 2.44. The van der Waals surface area contributed by atoms with Crippen LogP contribution in [0.2, 0.25) is 16.6 Å². The van der Waals surface area contributed by atoms with Gasteiger partial charge in [0.25, 0.3) is 8.32 Å². The summed E-state index contributed by atoms with van der Waals surface area (Å²) in [6, 6.07) is 10.6. The summed E-state index contributed by atoms with van der Waals surface area (Å²) in [6.07, 6.45) is 4.36. The monoisotopic (exact) mass is 344 g/mol.